The first-order valence-corrected chi connectivity index (χ1v) is 11.2. The molecule has 0 saturated heterocycles. The van der Waals surface area contributed by atoms with Gasteiger partial charge in [-0.1, -0.05) is 48.9 Å². The smallest absolute Gasteiger partial charge is 0.243 e. The van der Waals surface area contributed by atoms with Gasteiger partial charge in [-0.15, -0.1) is 0 Å². The highest BCUT2D eigenvalue weighted by molar-refractivity contribution is 7.92. The van der Waals surface area contributed by atoms with E-state index in [1.165, 1.54) is 24.3 Å². The van der Waals surface area contributed by atoms with Crippen molar-refractivity contribution in [3.05, 3.63) is 64.9 Å². The molecule has 28 heavy (non-hydrogen) atoms. The average Bonchev–Trinajstić information content (AvgIpc) is 2.64. The number of halogens is 2. The third-order valence-corrected chi connectivity index (χ3v) is 5.83. The molecular formula is C20H24ClFN2O3S. The van der Waals surface area contributed by atoms with Crippen LogP contribution in [0.15, 0.2) is 48.5 Å². The Bertz CT molecular complexity index is 921. The minimum atomic E-state index is -3.86. The number of nitrogens with one attached hydrogen (secondary N) is 1. The summed E-state index contributed by atoms with van der Waals surface area (Å²) in [6.45, 7) is 2.04. The van der Waals surface area contributed by atoms with Crippen LogP contribution in [0, 0.1) is 5.82 Å². The van der Waals surface area contributed by atoms with Crippen LogP contribution < -0.4 is 9.62 Å². The van der Waals surface area contributed by atoms with Gasteiger partial charge >= 0.3 is 0 Å². The van der Waals surface area contributed by atoms with Gasteiger partial charge in [-0.25, -0.2) is 12.8 Å². The van der Waals surface area contributed by atoms with E-state index >= 15 is 0 Å². The minimum Gasteiger partial charge on any atom is -0.354 e. The van der Waals surface area contributed by atoms with Gasteiger partial charge in [0.05, 0.1) is 11.9 Å². The van der Waals surface area contributed by atoms with Crippen molar-refractivity contribution in [2.24, 2.45) is 0 Å². The Morgan fingerprint density at radius 1 is 1.18 bits per heavy atom. The molecule has 1 N–H and O–H groups in total. The van der Waals surface area contributed by atoms with Crippen molar-refractivity contribution in [1.29, 1.82) is 0 Å². The standard InChI is InChI=1S/C20H24ClFN2O3S/c1-3-18(24(28(2,26)27)19-13-7-6-12-17(19)22)20(25)23-14-8-10-15-9-4-5-11-16(15)21/h4-7,9,11-13,18H,3,8,10,14H2,1-2H3,(H,23,25)/t18-/m0/s1. The number of carbonyl (C=O) groups excluding carboxylic acids is 1. The Balaban J connectivity index is 2.08. The molecule has 0 saturated carbocycles. The van der Waals surface area contributed by atoms with Crippen LogP contribution in [0.3, 0.4) is 0 Å². The van der Waals surface area contributed by atoms with Gasteiger partial charge in [-0.3, -0.25) is 9.10 Å². The van der Waals surface area contributed by atoms with Crippen molar-refractivity contribution in [2.75, 3.05) is 17.1 Å². The van der Waals surface area contributed by atoms with Crippen molar-refractivity contribution < 1.29 is 17.6 Å². The van der Waals surface area contributed by atoms with E-state index in [4.69, 9.17) is 11.6 Å². The molecule has 2 aromatic carbocycles. The molecular weight excluding hydrogens is 403 g/mol. The van der Waals surface area contributed by atoms with Crippen molar-refractivity contribution in [3.8, 4) is 0 Å². The van der Waals surface area contributed by atoms with Crippen molar-refractivity contribution in [1.82, 2.24) is 5.32 Å². The zero-order chi connectivity index (χ0) is 20.7. The number of nitrogens with zero attached hydrogens (tertiary/aromatic N) is 1. The van der Waals surface area contributed by atoms with Gasteiger partial charge in [0.2, 0.25) is 15.9 Å². The van der Waals surface area contributed by atoms with Crippen LogP contribution in [-0.4, -0.2) is 33.2 Å². The van der Waals surface area contributed by atoms with E-state index in [9.17, 15) is 17.6 Å². The maximum atomic E-state index is 14.2. The fourth-order valence-corrected chi connectivity index (χ4v) is 4.42. The van der Waals surface area contributed by atoms with Crippen LogP contribution in [0.25, 0.3) is 0 Å². The number of hydrogen-bond donors (Lipinski definition) is 1. The number of rotatable bonds is 9. The summed E-state index contributed by atoms with van der Waals surface area (Å²) >= 11 is 6.12. The lowest BCUT2D eigenvalue weighted by Crippen LogP contribution is -2.49. The molecule has 0 heterocycles. The predicted octanol–water partition coefficient (Wildman–Crippen LogP) is 3.77. The Labute approximate surface area is 170 Å². The maximum absolute atomic E-state index is 14.2. The van der Waals surface area contributed by atoms with Crippen molar-refractivity contribution in [2.45, 2.75) is 32.2 Å². The van der Waals surface area contributed by atoms with E-state index in [1.807, 2.05) is 18.2 Å². The highest BCUT2D eigenvalue weighted by atomic mass is 35.5. The van der Waals surface area contributed by atoms with Crippen LogP contribution in [0.1, 0.15) is 25.3 Å². The van der Waals surface area contributed by atoms with Crippen LogP contribution >= 0.6 is 11.6 Å². The number of benzene rings is 2. The molecule has 0 spiro atoms. The Morgan fingerprint density at radius 2 is 1.82 bits per heavy atom. The fourth-order valence-electron chi connectivity index (χ4n) is 2.98. The summed E-state index contributed by atoms with van der Waals surface area (Å²) < 4.78 is 39.7. The summed E-state index contributed by atoms with van der Waals surface area (Å²) in [5, 5.41) is 3.42. The second-order valence-corrected chi connectivity index (χ2v) is 8.69. The summed E-state index contributed by atoms with van der Waals surface area (Å²) in [5.41, 5.74) is 0.845. The molecule has 2 rings (SSSR count). The van der Waals surface area contributed by atoms with Crippen LogP contribution in [0.5, 0.6) is 0 Å². The van der Waals surface area contributed by atoms with Gasteiger partial charge in [-0.05, 0) is 43.0 Å². The average molecular weight is 427 g/mol. The highest BCUT2D eigenvalue weighted by Gasteiger charge is 2.32. The molecule has 0 radical (unpaired) electrons. The molecule has 2 aromatic rings. The number of hydrogen-bond acceptors (Lipinski definition) is 3. The number of para-hydroxylation sites is 1. The molecule has 8 heteroatoms. The molecule has 0 aliphatic carbocycles. The molecule has 0 fully saturated rings. The van der Waals surface area contributed by atoms with Gasteiger partial charge in [0.25, 0.3) is 0 Å². The number of amides is 1. The molecule has 0 bridgehead atoms. The number of aryl methyl sites for hydroxylation is 1. The summed E-state index contributed by atoms with van der Waals surface area (Å²) in [6, 6.07) is 12.0. The molecule has 1 amide bonds. The van der Waals surface area contributed by atoms with Gasteiger partial charge < -0.3 is 5.32 Å². The van der Waals surface area contributed by atoms with Crippen LogP contribution in [0.4, 0.5) is 10.1 Å². The monoisotopic (exact) mass is 426 g/mol. The van der Waals surface area contributed by atoms with Gasteiger partial charge in [0.1, 0.15) is 11.9 Å². The van der Waals surface area contributed by atoms with Crippen LogP contribution in [0.2, 0.25) is 5.02 Å². The zero-order valence-corrected chi connectivity index (χ0v) is 17.4. The van der Waals surface area contributed by atoms with E-state index in [0.717, 1.165) is 16.1 Å². The number of anilines is 1. The molecule has 0 aliphatic heterocycles. The zero-order valence-electron chi connectivity index (χ0n) is 15.9. The quantitative estimate of drug-likeness (QED) is 0.620. The second-order valence-electron chi connectivity index (χ2n) is 6.42. The molecule has 1 atom stereocenters. The minimum absolute atomic E-state index is 0.136. The third kappa shape index (κ3) is 5.69. The topological polar surface area (TPSA) is 66.5 Å². The largest absolute Gasteiger partial charge is 0.354 e. The summed E-state index contributed by atoms with van der Waals surface area (Å²) in [7, 11) is -3.86. The number of carbonyl (C=O) groups is 1. The lowest BCUT2D eigenvalue weighted by Gasteiger charge is -2.30. The van der Waals surface area contributed by atoms with E-state index < -0.39 is 27.8 Å². The number of sulfonamides is 1. The van der Waals surface area contributed by atoms with E-state index in [1.54, 1.807) is 13.0 Å². The molecule has 5 nitrogen and oxygen atoms in total. The first kappa shape index (κ1) is 22.2. The molecule has 0 unspecified atom stereocenters. The van der Waals surface area contributed by atoms with Gasteiger partial charge in [0, 0.05) is 11.6 Å². The second kappa shape index (κ2) is 9.89. The first-order chi connectivity index (χ1) is 13.3. The normalized spacial score (nSPS) is 12.4. The molecule has 0 aromatic heterocycles. The lowest BCUT2D eigenvalue weighted by molar-refractivity contribution is -0.122. The Morgan fingerprint density at radius 3 is 2.43 bits per heavy atom. The first-order valence-electron chi connectivity index (χ1n) is 9.00. The van der Waals surface area contributed by atoms with E-state index in [-0.39, 0.29) is 12.1 Å². The summed E-state index contributed by atoms with van der Waals surface area (Å²) in [4.78, 5) is 12.7. The molecule has 0 aliphatic rings. The van der Waals surface area contributed by atoms with E-state index in [0.29, 0.717) is 24.4 Å². The van der Waals surface area contributed by atoms with Gasteiger partial charge in [-0.2, -0.15) is 0 Å². The lowest BCUT2D eigenvalue weighted by atomic mass is 10.1. The summed E-state index contributed by atoms with van der Waals surface area (Å²) in [6.07, 6.45) is 2.49. The maximum Gasteiger partial charge on any atom is 0.243 e. The predicted molar refractivity (Wildman–Crippen MR) is 111 cm³/mol. The van der Waals surface area contributed by atoms with Crippen LogP contribution in [-0.2, 0) is 21.2 Å². The third-order valence-electron chi connectivity index (χ3n) is 4.30. The van der Waals surface area contributed by atoms with E-state index in [2.05, 4.69) is 5.32 Å². The fraction of sp³-hybridized carbons (Fsp3) is 0.350. The Hall–Kier alpha value is -2.12. The van der Waals surface area contributed by atoms with Crippen molar-refractivity contribution >= 4 is 33.2 Å². The molecule has 152 valence electrons. The Kier molecular flexibility index (Phi) is 7.83. The summed E-state index contributed by atoms with van der Waals surface area (Å²) in [5.74, 6) is -1.16. The van der Waals surface area contributed by atoms with Gasteiger partial charge in [0.15, 0.2) is 0 Å². The SMILES string of the molecule is CC[C@@H](C(=O)NCCCc1ccccc1Cl)N(c1ccccc1F)S(C)(=O)=O. The van der Waals surface area contributed by atoms with Crippen molar-refractivity contribution in [3.63, 3.8) is 0 Å². The highest BCUT2D eigenvalue weighted by Crippen LogP contribution is 2.25.